The number of nitrogens with zero attached hydrogens (tertiary/aromatic N) is 5. The van der Waals surface area contributed by atoms with Crippen molar-refractivity contribution in [3.8, 4) is 22.8 Å². The first-order valence-corrected chi connectivity index (χ1v) is 14.3. The van der Waals surface area contributed by atoms with Crippen molar-refractivity contribution in [2.45, 2.75) is 19.9 Å². The summed E-state index contributed by atoms with van der Waals surface area (Å²) in [6, 6.07) is 6.08. The quantitative estimate of drug-likeness (QED) is 0.246. The monoisotopic (exact) mass is 559 g/mol. The number of pyridine rings is 1. The second-order valence-electron chi connectivity index (χ2n) is 9.75. The van der Waals surface area contributed by atoms with Crippen molar-refractivity contribution in [1.82, 2.24) is 39.4 Å². The Kier molecular flexibility index (Phi) is 6.11. The van der Waals surface area contributed by atoms with Gasteiger partial charge < -0.3 is 15.3 Å². The molecule has 0 radical (unpaired) electrons. The Hall–Kier alpha value is -4.62. The van der Waals surface area contributed by atoms with Gasteiger partial charge in [-0.3, -0.25) is 10.1 Å². The van der Waals surface area contributed by atoms with E-state index in [0.717, 1.165) is 33.9 Å². The summed E-state index contributed by atoms with van der Waals surface area (Å²) in [5.41, 5.74) is 12.4. The molecule has 40 heavy (non-hydrogen) atoms. The van der Waals surface area contributed by atoms with Crippen LogP contribution in [0.1, 0.15) is 23.5 Å². The minimum absolute atomic E-state index is 0.0508. The van der Waals surface area contributed by atoms with Gasteiger partial charge in [-0.1, -0.05) is 6.08 Å². The minimum atomic E-state index is -3.44. The zero-order valence-corrected chi connectivity index (χ0v) is 22.8. The van der Waals surface area contributed by atoms with Gasteiger partial charge in [0.05, 0.1) is 34.7 Å². The first-order chi connectivity index (χ1) is 19.1. The van der Waals surface area contributed by atoms with E-state index in [1.165, 1.54) is 12.1 Å². The highest BCUT2D eigenvalue weighted by atomic mass is 32.2. The van der Waals surface area contributed by atoms with Gasteiger partial charge in [0.25, 0.3) is 0 Å². The number of halogens is 1. The molecule has 1 aromatic carbocycles. The van der Waals surface area contributed by atoms with E-state index >= 15 is 0 Å². The summed E-state index contributed by atoms with van der Waals surface area (Å²) in [7, 11) is -1.47. The van der Waals surface area contributed by atoms with E-state index in [9.17, 15) is 12.8 Å². The summed E-state index contributed by atoms with van der Waals surface area (Å²) in [5.74, 6) is 0.872. The van der Waals surface area contributed by atoms with E-state index in [0.29, 0.717) is 51.5 Å². The Morgan fingerprint density at radius 1 is 1.18 bits per heavy atom. The van der Waals surface area contributed by atoms with Gasteiger partial charge in [-0.15, -0.1) is 0 Å². The predicted octanol–water partition coefficient (Wildman–Crippen LogP) is 1.58. The van der Waals surface area contributed by atoms with Gasteiger partial charge in [-0.2, -0.15) is 5.10 Å². The highest BCUT2D eigenvalue weighted by Gasteiger charge is 2.19. The lowest BCUT2D eigenvalue weighted by molar-refractivity contribution is 0.586. The van der Waals surface area contributed by atoms with Crippen LogP contribution >= 0.6 is 0 Å². The fraction of sp³-hybridized carbons (Fsp3) is 0.185. The molecule has 0 bridgehead atoms. The van der Waals surface area contributed by atoms with Crippen LogP contribution in [-0.4, -0.2) is 49.4 Å². The molecule has 0 atom stereocenters. The summed E-state index contributed by atoms with van der Waals surface area (Å²) in [4.78, 5) is 17.0. The van der Waals surface area contributed by atoms with Crippen molar-refractivity contribution in [1.29, 1.82) is 0 Å². The van der Waals surface area contributed by atoms with E-state index in [2.05, 4.69) is 29.9 Å². The molecule has 6 rings (SSSR count). The Labute approximate surface area is 228 Å². The van der Waals surface area contributed by atoms with E-state index in [-0.39, 0.29) is 6.54 Å². The number of nitrogens with one attached hydrogen (secondary N) is 3. The first-order valence-electron chi connectivity index (χ1n) is 12.4. The molecule has 5 aromatic rings. The summed E-state index contributed by atoms with van der Waals surface area (Å²) in [6.07, 6.45) is 8.94. The molecule has 0 aliphatic heterocycles. The van der Waals surface area contributed by atoms with E-state index in [1.807, 2.05) is 36.9 Å². The van der Waals surface area contributed by atoms with Crippen molar-refractivity contribution < 1.29 is 12.8 Å². The standard InChI is InChI=1S/C27H26FN9O2S/c1-14-31-13-22(37(14)2)16-4-5-20-23(19(29)11-16)26(36-35-20)27-33-21-6-7-30-24(25(21)34-27)17-8-15(9-18(28)10-17)12-32-40(3,38)39/h4-10,13,32,35H,11-12,29H2,1-3H3,(H,33,34). The number of aromatic nitrogens is 7. The maximum absolute atomic E-state index is 14.5. The molecule has 0 unspecified atom stereocenters. The molecule has 5 N–H and O–H groups in total. The topological polar surface area (TPSA) is 160 Å². The second kappa shape index (κ2) is 9.54. The second-order valence-corrected chi connectivity index (χ2v) is 11.6. The number of nitrogens with two attached hydrogens (primary N) is 1. The largest absolute Gasteiger partial charge is 0.401 e. The van der Waals surface area contributed by atoms with Crippen LogP contribution < -0.4 is 21.0 Å². The lowest BCUT2D eigenvalue weighted by Gasteiger charge is -2.08. The van der Waals surface area contributed by atoms with E-state index in [1.54, 1.807) is 18.3 Å². The van der Waals surface area contributed by atoms with Gasteiger partial charge in [-0.25, -0.2) is 27.5 Å². The van der Waals surface area contributed by atoms with Crippen molar-refractivity contribution in [2.75, 3.05) is 6.26 Å². The highest BCUT2D eigenvalue weighted by molar-refractivity contribution is 7.88. The number of aromatic amines is 2. The van der Waals surface area contributed by atoms with Crippen LogP contribution in [0, 0.1) is 12.7 Å². The third-order valence-electron chi connectivity index (χ3n) is 6.89. The summed E-state index contributed by atoms with van der Waals surface area (Å²) >= 11 is 0. The van der Waals surface area contributed by atoms with Gasteiger partial charge >= 0.3 is 0 Å². The van der Waals surface area contributed by atoms with Crippen LogP contribution in [0.4, 0.5) is 4.39 Å². The number of sulfonamides is 1. The number of hydrogen-bond acceptors (Lipinski definition) is 7. The lowest BCUT2D eigenvalue weighted by Crippen LogP contribution is -2.28. The maximum Gasteiger partial charge on any atom is 0.209 e. The van der Waals surface area contributed by atoms with E-state index in [4.69, 9.17) is 10.7 Å². The molecule has 4 aromatic heterocycles. The molecule has 0 fully saturated rings. The predicted molar refractivity (Wildman–Crippen MR) is 150 cm³/mol. The SMILES string of the molecule is Cc1ncc(C2=CC=c3[nH]nc(-c4nc5c(-c6cc(F)cc(CNS(C)(=O)=O)c6)nccc5[nH]4)c3=C(N)C2)n1C. The molecule has 1 aliphatic rings. The number of allylic oxidation sites excluding steroid dienone is 1. The highest BCUT2D eigenvalue weighted by Crippen LogP contribution is 2.29. The van der Waals surface area contributed by atoms with Crippen LogP contribution in [-0.2, 0) is 23.6 Å². The molecule has 1 aliphatic carbocycles. The van der Waals surface area contributed by atoms with Crippen molar-refractivity contribution in [3.05, 3.63) is 76.2 Å². The van der Waals surface area contributed by atoms with Gasteiger partial charge in [0.2, 0.25) is 10.0 Å². The van der Waals surface area contributed by atoms with Gasteiger partial charge in [0.15, 0.2) is 5.82 Å². The molecule has 0 amide bonds. The Bertz CT molecular complexity index is 2070. The van der Waals surface area contributed by atoms with E-state index < -0.39 is 15.8 Å². The molecule has 0 spiro atoms. The number of hydrogen-bond donors (Lipinski definition) is 4. The molecule has 11 nitrogen and oxygen atoms in total. The molecule has 0 saturated carbocycles. The average molecular weight is 560 g/mol. The smallest absolute Gasteiger partial charge is 0.209 e. The van der Waals surface area contributed by atoms with Crippen molar-refractivity contribution in [2.24, 2.45) is 12.8 Å². The minimum Gasteiger partial charge on any atom is -0.401 e. The Balaban J connectivity index is 1.42. The Morgan fingerprint density at radius 2 is 2.00 bits per heavy atom. The van der Waals surface area contributed by atoms with Gasteiger partial charge in [0.1, 0.15) is 22.9 Å². The number of rotatable bonds is 6. The third-order valence-corrected chi connectivity index (χ3v) is 7.56. The van der Waals surface area contributed by atoms with Crippen molar-refractivity contribution in [3.63, 3.8) is 0 Å². The maximum atomic E-state index is 14.5. The normalized spacial score (nSPS) is 13.7. The van der Waals surface area contributed by atoms with Crippen LogP contribution in [0.15, 0.2) is 42.7 Å². The summed E-state index contributed by atoms with van der Waals surface area (Å²) in [6.45, 7) is 1.90. The van der Waals surface area contributed by atoms with Gasteiger partial charge in [-0.05, 0) is 48.4 Å². The first kappa shape index (κ1) is 25.6. The number of H-pyrrole nitrogens is 2. The summed E-state index contributed by atoms with van der Waals surface area (Å²) < 4.78 is 42.0. The van der Waals surface area contributed by atoms with Crippen LogP contribution in [0.3, 0.4) is 0 Å². The van der Waals surface area contributed by atoms with Crippen LogP contribution in [0.2, 0.25) is 0 Å². The molecular formula is C27H26FN9O2S. The zero-order valence-electron chi connectivity index (χ0n) is 21.9. The van der Waals surface area contributed by atoms with Crippen molar-refractivity contribution >= 4 is 38.4 Å². The third kappa shape index (κ3) is 4.69. The fourth-order valence-corrected chi connectivity index (χ4v) is 5.28. The molecule has 4 heterocycles. The molecule has 0 saturated heterocycles. The summed E-state index contributed by atoms with van der Waals surface area (Å²) in [5, 5.41) is 9.08. The van der Waals surface area contributed by atoms with Gasteiger partial charge in [0, 0.05) is 42.7 Å². The number of fused-ring (bicyclic) bond motifs is 2. The zero-order chi connectivity index (χ0) is 28.2. The number of aryl methyl sites for hydroxylation is 1. The average Bonchev–Trinajstić information content (AvgIpc) is 3.58. The lowest BCUT2D eigenvalue weighted by atomic mass is 10.1. The van der Waals surface area contributed by atoms with Crippen LogP contribution in [0.5, 0.6) is 0 Å². The molecule has 13 heteroatoms. The number of imidazole rings is 2. The fourth-order valence-electron chi connectivity index (χ4n) is 4.85. The van der Waals surface area contributed by atoms with Crippen LogP contribution in [0.25, 0.3) is 51.2 Å². The Morgan fingerprint density at radius 3 is 2.75 bits per heavy atom. The molecule has 204 valence electrons. The number of benzene rings is 1. The molecular weight excluding hydrogens is 533 g/mol.